The van der Waals surface area contributed by atoms with Gasteiger partial charge in [-0.15, -0.1) is 0 Å². The summed E-state index contributed by atoms with van der Waals surface area (Å²) < 4.78 is 37.9. The van der Waals surface area contributed by atoms with Crippen molar-refractivity contribution in [2.24, 2.45) is 0 Å². The Kier molecular flexibility index (Phi) is 5.70. The summed E-state index contributed by atoms with van der Waals surface area (Å²) in [7, 11) is -3.68. The second kappa shape index (κ2) is 6.95. The molecule has 128 valence electrons. The van der Waals surface area contributed by atoms with Crippen molar-refractivity contribution in [2.45, 2.75) is 32.2 Å². The molecule has 0 heterocycles. The van der Waals surface area contributed by atoms with E-state index < -0.39 is 33.3 Å². The minimum Gasteiger partial charge on any atom is -0.481 e. The zero-order valence-electron chi connectivity index (χ0n) is 13.0. The normalized spacial score (nSPS) is 11.8. The molecule has 9 heteroatoms. The summed E-state index contributed by atoms with van der Waals surface area (Å²) >= 11 is 0. The topological polar surface area (TPSA) is 113 Å². The van der Waals surface area contributed by atoms with E-state index in [0.717, 1.165) is 18.4 Å². The van der Waals surface area contributed by atoms with Crippen molar-refractivity contribution < 1.29 is 27.5 Å². The van der Waals surface area contributed by atoms with Crippen LogP contribution in [-0.4, -0.2) is 37.2 Å². The molecule has 0 radical (unpaired) electrons. The van der Waals surface area contributed by atoms with Crippen molar-refractivity contribution in [1.82, 2.24) is 5.32 Å². The number of amides is 1. The number of carbonyl (C=O) groups is 2. The lowest BCUT2D eigenvalue weighted by Crippen LogP contribution is -2.43. The van der Waals surface area contributed by atoms with Gasteiger partial charge in [0.05, 0.1) is 11.9 Å². The van der Waals surface area contributed by atoms with E-state index in [1.807, 2.05) is 4.72 Å². The van der Waals surface area contributed by atoms with Crippen LogP contribution in [0.5, 0.6) is 0 Å². The highest BCUT2D eigenvalue weighted by molar-refractivity contribution is 7.92. The highest BCUT2D eigenvalue weighted by Gasteiger charge is 2.23. The molecule has 0 aromatic heterocycles. The van der Waals surface area contributed by atoms with E-state index in [-0.39, 0.29) is 24.1 Å². The van der Waals surface area contributed by atoms with Gasteiger partial charge in [0, 0.05) is 17.5 Å². The molecule has 7 nitrogen and oxygen atoms in total. The van der Waals surface area contributed by atoms with E-state index in [1.54, 1.807) is 13.8 Å². The molecular formula is C14H19FN2O5S. The number of hydrogen-bond donors (Lipinski definition) is 3. The van der Waals surface area contributed by atoms with Gasteiger partial charge in [-0.3, -0.25) is 14.3 Å². The second-order valence-corrected chi connectivity index (χ2v) is 7.55. The van der Waals surface area contributed by atoms with Gasteiger partial charge >= 0.3 is 5.97 Å². The Bertz CT molecular complexity index is 716. The molecule has 0 atom stereocenters. The molecule has 23 heavy (non-hydrogen) atoms. The first kappa shape index (κ1) is 18.9. The molecule has 1 aromatic rings. The van der Waals surface area contributed by atoms with Crippen LogP contribution in [-0.2, 0) is 14.8 Å². The predicted octanol–water partition coefficient (Wildman–Crippen LogP) is 1.57. The molecule has 0 aliphatic carbocycles. The van der Waals surface area contributed by atoms with E-state index in [0.29, 0.717) is 0 Å². The van der Waals surface area contributed by atoms with Gasteiger partial charge in [-0.25, -0.2) is 12.8 Å². The van der Waals surface area contributed by atoms with Crippen molar-refractivity contribution in [3.05, 3.63) is 29.6 Å². The summed E-state index contributed by atoms with van der Waals surface area (Å²) in [4.78, 5) is 22.8. The number of halogens is 1. The van der Waals surface area contributed by atoms with Crippen LogP contribution in [0.15, 0.2) is 18.2 Å². The van der Waals surface area contributed by atoms with Gasteiger partial charge in [0.1, 0.15) is 5.82 Å². The number of hydrogen-bond acceptors (Lipinski definition) is 4. The lowest BCUT2D eigenvalue weighted by atomic mass is 9.97. The summed E-state index contributed by atoms with van der Waals surface area (Å²) in [6.45, 7) is 3.32. The lowest BCUT2D eigenvalue weighted by molar-refractivity contribution is -0.137. The number of carboxylic acids is 1. The Labute approximate surface area is 133 Å². The van der Waals surface area contributed by atoms with E-state index in [9.17, 15) is 22.4 Å². The molecule has 1 aromatic carbocycles. The average Bonchev–Trinajstić information content (AvgIpc) is 2.37. The SMILES string of the molecule is CC(C)(CCC(=O)O)NC(=O)c1ccc(F)c(NS(C)(=O)=O)c1. The maximum atomic E-state index is 13.6. The first-order valence-corrected chi connectivity index (χ1v) is 8.60. The summed E-state index contributed by atoms with van der Waals surface area (Å²) in [5.41, 5.74) is -1.06. The van der Waals surface area contributed by atoms with Crippen LogP contribution in [0.1, 0.15) is 37.0 Å². The molecule has 0 fully saturated rings. The first-order chi connectivity index (χ1) is 10.4. The molecule has 0 saturated heterocycles. The summed E-state index contributed by atoms with van der Waals surface area (Å²) in [5.74, 6) is -2.34. The third-order valence-corrected chi connectivity index (χ3v) is 3.53. The van der Waals surface area contributed by atoms with Crippen LogP contribution >= 0.6 is 0 Å². The molecule has 0 spiro atoms. The van der Waals surface area contributed by atoms with Crippen molar-refractivity contribution in [3.63, 3.8) is 0 Å². The Balaban J connectivity index is 2.92. The molecule has 0 saturated carbocycles. The third kappa shape index (κ3) is 6.64. The molecule has 0 unspecified atom stereocenters. The van der Waals surface area contributed by atoms with E-state index in [4.69, 9.17) is 5.11 Å². The Morgan fingerprint density at radius 3 is 2.43 bits per heavy atom. The average molecular weight is 346 g/mol. The minimum absolute atomic E-state index is 0.0564. The smallest absolute Gasteiger partial charge is 0.303 e. The zero-order chi connectivity index (χ0) is 17.8. The van der Waals surface area contributed by atoms with Crippen LogP contribution in [0.4, 0.5) is 10.1 Å². The van der Waals surface area contributed by atoms with Crippen molar-refractivity contribution in [2.75, 3.05) is 11.0 Å². The molecule has 1 amide bonds. The largest absolute Gasteiger partial charge is 0.481 e. The molecule has 0 bridgehead atoms. The summed E-state index contributed by atoms with van der Waals surface area (Å²) in [6, 6.07) is 3.27. The molecule has 0 aliphatic rings. The Morgan fingerprint density at radius 1 is 1.30 bits per heavy atom. The van der Waals surface area contributed by atoms with Gasteiger partial charge in [-0.1, -0.05) is 0 Å². The molecule has 3 N–H and O–H groups in total. The predicted molar refractivity (Wildman–Crippen MR) is 83.3 cm³/mol. The van der Waals surface area contributed by atoms with Crippen LogP contribution in [0, 0.1) is 5.82 Å². The number of carbonyl (C=O) groups excluding carboxylic acids is 1. The third-order valence-electron chi connectivity index (χ3n) is 2.94. The zero-order valence-corrected chi connectivity index (χ0v) is 13.8. The second-order valence-electron chi connectivity index (χ2n) is 5.80. The number of anilines is 1. The minimum atomic E-state index is -3.68. The van der Waals surface area contributed by atoms with Gasteiger partial charge < -0.3 is 10.4 Å². The fourth-order valence-corrected chi connectivity index (χ4v) is 2.36. The van der Waals surface area contributed by atoms with Crippen LogP contribution < -0.4 is 10.0 Å². The molecule has 1 rings (SSSR count). The number of benzene rings is 1. The van der Waals surface area contributed by atoms with E-state index in [1.165, 1.54) is 6.07 Å². The van der Waals surface area contributed by atoms with Crippen molar-refractivity contribution in [1.29, 1.82) is 0 Å². The van der Waals surface area contributed by atoms with Gasteiger partial charge in [0.2, 0.25) is 10.0 Å². The Hall–Kier alpha value is -2.16. The van der Waals surface area contributed by atoms with Gasteiger partial charge in [0.25, 0.3) is 5.91 Å². The van der Waals surface area contributed by atoms with Crippen LogP contribution in [0.3, 0.4) is 0 Å². The van der Waals surface area contributed by atoms with Crippen LogP contribution in [0.25, 0.3) is 0 Å². The Morgan fingerprint density at radius 2 is 1.91 bits per heavy atom. The molecule has 0 aliphatic heterocycles. The highest BCUT2D eigenvalue weighted by Crippen LogP contribution is 2.19. The number of carboxylic acid groups (broad SMARTS) is 1. The van der Waals surface area contributed by atoms with Crippen molar-refractivity contribution >= 4 is 27.6 Å². The molecular weight excluding hydrogens is 327 g/mol. The number of rotatable bonds is 7. The summed E-state index contributed by atoms with van der Waals surface area (Å²) in [5, 5.41) is 11.3. The van der Waals surface area contributed by atoms with E-state index >= 15 is 0 Å². The maximum Gasteiger partial charge on any atom is 0.303 e. The van der Waals surface area contributed by atoms with Gasteiger partial charge in [0.15, 0.2) is 0 Å². The fraction of sp³-hybridized carbons (Fsp3) is 0.429. The first-order valence-electron chi connectivity index (χ1n) is 6.71. The number of sulfonamides is 1. The highest BCUT2D eigenvalue weighted by atomic mass is 32.2. The van der Waals surface area contributed by atoms with E-state index in [2.05, 4.69) is 5.32 Å². The van der Waals surface area contributed by atoms with Crippen LogP contribution in [0.2, 0.25) is 0 Å². The maximum absolute atomic E-state index is 13.6. The van der Waals surface area contributed by atoms with Gasteiger partial charge in [-0.2, -0.15) is 0 Å². The van der Waals surface area contributed by atoms with Crippen molar-refractivity contribution in [3.8, 4) is 0 Å². The lowest BCUT2D eigenvalue weighted by Gasteiger charge is -2.25. The fourth-order valence-electron chi connectivity index (χ4n) is 1.81. The monoisotopic (exact) mass is 346 g/mol. The summed E-state index contributed by atoms with van der Waals surface area (Å²) in [6.07, 6.45) is 0.968. The van der Waals surface area contributed by atoms with Gasteiger partial charge in [-0.05, 0) is 38.5 Å². The quantitative estimate of drug-likeness (QED) is 0.694. The number of aliphatic carboxylic acids is 1. The standard InChI is InChI=1S/C14H19FN2O5S/c1-14(2,7-6-12(18)19)16-13(20)9-4-5-10(15)11(8-9)17-23(3,21)22/h4-5,8,17H,6-7H2,1-3H3,(H,16,20)(H,18,19). The number of nitrogens with one attached hydrogen (secondary N) is 2.